The van der Waals surface area contributed by atoms with Crippen molar-refractivity contribution in [2.45, 2.75) is 43.5 Å². The monoisotopic (exact) mass is 306 g/mol. The third kappa shape index (κ3) is 4.48. The summed E-state index contributed by atoms with van der Waals surface area (Å²) >= 11 is 1.82. The molecule has 3 heteroatoms. The van der Waals surface area contributed by atoms with E-state index < -0.39 is 0 Å². The second kappa shape index (κ2) is 8.82. The minimum Gasteiger partial charge on any atom is -0.319 e. The molecule has 1 aromatic rings. The van der Waals surface area contributed by atoms with Crippen LogP contribution >= 0.6 is 11.8 Å². The van der Waals surface area contributed by atoms with E-state index in [0.29, 0.717) is 6.04 Å². The Morgan fingerprint density at radius 3 is 2.62 bits per heavy atom. The van der Waals surface area contributed by atoms with Crippen LogP contribution in [0.1, 0.15) is 44.2 Å². The lowest BCUT2D eigenvalue weighted by Crippen LogP contribution is -2.36. The van der Waals surface area contributed by atoms with E-state index in [1.54, 1.807) is 0 Å². The first-order valence-corrected chi connectivity index (χ1v) is 9.55. The second-order valence-corrected chi connectivity index (χ2v) is 6.95. The lowest BCUT2D eigenvalue weighted by atomic mass is 9.89. The smallest absolute Gasteiger partial charge is 0.0388 e. The molecule has 2 unspecified atom stereocenters. The fourth-order valence-electron chi connectivity index (χ4n) is 3.61. The van der Waals surface area contributed by atoms with Crippen LogP contribution in [0, 0.1) is 5.92 Å². The summed E-state index contributed by atoms with van der Waals surface area (Å²) in [6, 6.07) is 9.85. The van der Waals surface area contributed by atoms with E-state index in [1.165, 1.54) is 49.2 Å². The van der Waals surface area contributed by atoms with Crippen LogP contribution in [0.15, 0.2) is 29.2 Å². The minimum atomic E-state index is 0.579. The Balaban J connectivity index is 2.27. The molecule has 1 aliphatic heterocycles. The number of rotatable bonds is 6. The number of nitrogens with one attached hydrogen (secondary N) is 1. The number of hydrogen-bond donors (Lipinski definition) is 1. The van der Waals surface area contributed by atoms with Crippen molar-refractivity contribution in [2.24, 2.45) is 5.92 Å². The molecule has 2 atom stereocenters. The molecular weight excluding hydrogens is 276 g/mol. The number of thioether (sulfide) groups is 1. The maximum atomic E-state index is 3.42. The average molecular weight is 307 g/mol. The number of hydrogen-bond acceptors (Lipinski definition) is 3. The van der Waals surface area contributed by atoms with Crippen LogP contribution in [0.4, 0.5) is 0 Å². The van der Waals surface area contributed by atoms with Crippen LogP contribution in [0.5, 0.6) is 0 Å². The summed E-state index contributed by atoms with van der Waals surface area (Å²) in [5.41, 5.74) is 1.50. The van der Waals surface area contributed by atoms with Crippen molar-refractivity contribution >= 4 is 11.8 Å². The zero-order valence-electron chi connectivity index (χ0n) is 13.8. The lowest BCUT2D eigenvalue weighted by molar-refractivity contribution is 0.154. The van der Waals surface area contributed by atoms with Gasteiger partial charge in [0.15, 0.2) is 0 Å². The third-order valence-corrected chi connectivity index (χ3v) is 5.29. The van der Waals surface area contributed by atoms with Crippen LogP contribution in [-0.4, -0.2) is 37.8 Å². The van der Waals surface area contributed by atoms with Gasteiger partial charge in [-0.25, -0.2) is 0 Å². The standard InChI is InChI=1S/C18H30N2S/c1-4-12-20-13-6-5-7-16(14-19-2)18(20)15-8-10-17(21-3)11-9-15/h8-11,16,18-19H,4-7,12-14H2,1-3H3. The summed E-state index contributed by atoms with van der Waals surface area (Å²) in [5, 5.41) is 3.42. The van der Waals surface area contributed by atoms with Gasteiger partial charge in [0.2, 0.25) is 0 Å². The molecule has 2 nitrogen and oxygen atoms in total. The SMILES string of the molecule is CCCN1CCCCC(CNC)C1c1ccc(SC)cc1. The van der Waals surface area contributed by atoms with E-state index in [-0.39, 0.29) is 0 Å². The van der Waals surface area contributed by atoms with Gasteiger partial charge in [0.25, 0.3) is 0 Å². The summed E-state index contributed by atoms with van der Waals surface area (Å²) in [7, 11) is 2.09. The Kier molecular flexibility index (Phi) is 7.08. The highest BCUT2D eigenvalue weighted by atomic mass is 32.2. The molecule has 0 spiro atoms. The molecule has 0 aromatic heterocycles. The van der Waals surface area contributed by atoms with Crippen molar-refractivity contribution in [3.63, 3.8) is 0 Å². The van der Waals surface area contributed by atoms with Crippen LogP contribution in [0.3, 0.4) is 0 Å². The molecule has 0 saturated carbocycles. The van der Waals surface area contributed by atoms with E-state index >= 15 is 0 Å². The summed E-state index contributed by atoms with van der Waals surface area (Å²) in [6.07, 6.45) is 7.45. The highest BCUT2D eigenvalue weighted by molar-refractivity contribution is 7.98. The average Bonchev–Trinajstić information content (AvgIpc) is 2.71. The molecule has 1 heterocycles. The van der Waals surface area contributed by atoms with Gasteiger partial charge in [-0.15, -0.1) is 11.8 Å². The molecule has 1 aliphatic rings. The van der Waals surface area contributed by atoms with Crippen LogP contribution < -0.4 is 5.32 Å². The first-order chi connectivity index (χ1) is 10.3. The van der Waals surface area contributed by atoms with E-state index in [1.807, 2.05) is 11.8 Å². The fraction of sp³-hybridized carbons (Fsp3) is 0.667. The van der Waals surface area contributed by atoms with Crippen molar-refractivity contribution in [3.8, 4) is 0 Å². The van der Waals surface area contributed by atoms with Crippen LogP contribution in [0.25, 0.3) is 0 Å². The highest BCUT2D eigenvalue weighted by Crippen LogP contribution is 2.35. The second-order valence-electron chi connectivity index (χ2n) is 6.07. The van der Waals surface area contributed by atoms with Crippen molar-refractivity contribution in [1.82, 2.24) is 10.2 Å². The van der Waals surface area contributed by atoms with Gasteiger partial charge in [-0.1, -0.05) is 25.5 Å². The Hall–Kier alpha value is -0.510. The molecule has 1 N–H and O–H groups in total. The van der Waals surface area contributed by atoms with Crippen LogP contribution in [0.2, 0.25) is 0 Å². The molecule has 0 radical (unpaired) electrons. The van der Waals surface area contributed by atoms with Crippen molar-refractivity contribution in [3.05, 3.63) is 29.8 Å². The lowest BCUT2D eigenvalue weighted by Gasteiger charge is -2.35. The van der Waals surface area contributed by atoms with Crippen molar-refractivity contribution in [2.75, 3.05) is 32.9 Å². The minimum absolute atomic E-state index is 0.579. The van der Waals surface area contributed by atoms with Crippen molar-refractivity contribution < 1.29 is 0 Å². The van der Waals surface area contributed by atoms with Gasteiger partial charge >= 0.3 is 0 Å². The summed E-state index contributed by atoms with van der Waals surface area (Å²) in [5.74, 6) is 0.726. The molecule has 1 fully saturated rings. The number of nitrogens with zero attached hydrogens (tertiary/aromatic N) is 1. The highest BCUT2D eigenvalue weighted by Gasteiger charge is 2.30. The zero-order valence-corrected chi connectivity index (χ0v) is 14.6. The van der Waals surface area contributed by atoms with Crippen LogP contribution in [-0.2, 0) is 0 Å². The summed E-state index contributed by atoms with van der Waals surface area (Å²) in [6.45, 7) is 5.89. The molecule has 2 rings (SSSR count). The maximum Gasteiger partial charge on any atom is 0.0388 e. The van der Waals surface area contributed by atoms with Gasteiger partial charge in [-0.3, -0.25) is 4.90 Å². The van der Waals surface area contributed by atoms with Gasteiger partial charge in [-0.05, 0) is 75.8 Å². The number of likely N-dealkylation sites (tertiary alicyclic amines) is 1. The first-order valence-electron chi connectivity index (χ1n) is 8.32. The van der Waals surface area contributed by atoms with Gasteiger partial charge in [0.05, 0.1) is 0 Å². The van der Waals surface area contributed by atoms with Gasteiger partial charge in [0.1, 0.15) is 0 Å². The third-order valence-electron chi connectivity index (χ3n) is 4.54. The molecule has 0 bridgehead atoms. The number of benzene rings is 1. The van der Waals surface area contributed by atoms with E-state index in [0.717, 1.165) is 12.5 Å². The Labute approximate surface area is 134 Å². The van der Waals surface area contributed by atoms with Gasteiger partial charge in [0, 0.05) is 10.9 Å². The molecule has 118 valence electrons. The topological polar surface area (TPSA) is 15.3 Å². The maximum absolute atomic E-state index is 3.42. The Bertz CT molecular complexity index is 388. The predicted octanol–water partition coefficient (Wildman–Crippen LogP) is 4.18. The molecular formula is C18H30N2S. The predicted molar refractivity (Wildman–Crippen MR) is 94.1 cm³/mol. The normalized spacial score (nSPS) is 24.0. The van der Waals surface area contributed by atoms with Gasteiger partial charge < -0.3 is 5.32 Å². The summed E-state index contributed by atoms with van der Waals surface area (Å²) < 4.78 is 0. The summed E-state index contributed by atoms with van der Waals surface area (Å²) in [4.78, 5) is 4.09. The molecule has 0 aliphatic carbocycles. The fourth-order valence-corrected chi connectivity index (χ4v) is 4.02. The van der Waals surface area contributed by atoms with Crippen molar-refractivity contribution in [1.29, 1.82) is 0 Å². The Morgan fingerprint density at radius 1 is 1.24 bits per heavy atom. The first kappa shape index (κ1) is 16.9. The molecule has 21 heavy (non-hydrogen) atoms. The zero-order chi connectivity index (χ0) is 15.1. The molecule has 0 amide bonds. The Morgan fingerprint density at radius 2 is 2.00 bits per heavy atom. The molecule has 1 saturated heterocycles. The van der Waals surface area contributed by atoms with E-state index in [2.05, 4.69) is 54.7 Å². The quantitative estimate of drug-likeness (QED) is 0.794. The molecule has 1 aromatic carbocycles. The van der Waals surface area contributed by atoms with E-state index in [4.69, 9.17) is 0 Å². The largest absolute Gasteiger partial charge is 0.319 e. The van der Waals surface area contributed by atoms with Gasteiger partial charge in [-0.2, -0.15) is 0 Å². The van der Waals surface area contributed by atoms with E-state index in [9.17, 15) is 0 Å².